The zero-order chi connectivity index (χ0) is 7.90. The van der Waals surface area contributed by atoms with Gasteiger partial charge in [0.1, 0.15) is 0 Å². The predicted octanol–water partition coefficient (Wildman–Crippen LogP) is 3.39. The standard InChI is InChI=1S/C11H18/c1-9(2)3-4-10-7-11(8-10)5-6-11/h3-4,9-10H,5-8H2,1-2H3/b4-3+. The highest BCUT2D eigenvalue weighted by Crippen LogP contribution is 2.63. The largest absolute Gasteiger partial charge is 0.0857 e. The molecule has 0 saturated heterocycles. The van der Waals surface area contributed by atoms with E-state index in [1.807, 2.05) is 0 Å². The Kier molecular flexibility index (Phi) is 1.59. The average Bonchev–Trinajstić information content (AvgIpc) is 2.58. The van der Waals surface area contributed by atoms with Crippen molar-refractivity contribution in [2.45, 2.75) is 39.5 Å². The highest BCUT2D eigenvalue weighted by atomic mass is 14.6. The molecule has 62 valence electrons. The third-order valence-electron chi connectivity index (χ3n) is 3.12. The van der Waals surface area contributed by atoms with E-state index < -0.39 is 0 Å². The van der Waals surface area contributed by atoms with Gasteiger partial charge in [-0.25, -0.2) is 0 Å². The topological polar surface area (TPSA) is 0 Å². The monoisotopic (exact) mass is 150 g/mol. The Morgan fingerprint density at radius 3 is 2.36 bits per heavy atom. The smallest absolute Gasteiger partial charge is 0.0223 e. The van der Waals surface area contributed by atoms with Gasteiger partial charge in [0.25, 0.3) is 0 Å². The summed E-state index contributed by atoms with van der Waals surface area (Å²) in [6.07, 6.45) is 10.8. The summed E-state index contributed by atoms with van der Waals surface area (Å²) in [5.41, 5.74) is 0.881. The molecule has 0 aromatic rings. The van der Waals surface area contributed by atoms with Crippen LogP contribution in [0.4, 0.5) is 0 Å². The summed E-state index contributed by atoms with van der Waals surface area (Å²) in [5, 5.41) is 0. The van der Waals surface area contributed by atoms with Gasteiger partial charge in [-0.1, -0.05) is 26.0 Å². The van der Waals surface area contributed by atoms with E-state index in [-0.39, 0.29) is 0 Å². The molecule has 0 heteroatoms. The second-order valence-corrected chi connectivity index (χ2v) is 4.80. The summed E-state index contributed by atoms with van der Waals surface area (Å²) in [4.78, 5) is 0. The lowest BCUT2D eigenvalue weighted by atomic mass is 9.71. The van der Waals surface area contributed by atoms with Gasteiger partial charge in [0.15, 0.2) is 0 Å². The Hall–Kier alpha value is -0.260. The second-order valence-electron chi connectivity index (χ2n) is 4.80. The maximum absolute atomic E-state index is 2.44. The molecular weight excluding hydrogens is 132 g/mol. The molecule has 2 aliphatic carbocycles. The van der Waals surface area contributed by atoms with Gasteiger partial charge >= 0.3 is 0 Å². The zero-order valence-corrected chi connectivity index (χ0v) is 7.64. The van der Waals surface area contributed by atoms with Crippen LogP contribution in [-0.2, 0) is 0 Å². The van der Waals surface area contributed by atoms with Crippen LogP contribution in [0.1, 0.15) is 39.5 Å². The Labute approximate surface area is 69.7 Å². The fourth-order valence-electron chi connectivity index (χ4n) is 2.15. The number of rotatable bonds is 2. The lowest BCUT2D eigenvalue weighted by molar-refractivity contribution is 0.213. The van der Waals surface area contributed by atoms with Crippen molar-refractivity contribution in [3.8, 4) is 0 Å². The van der Waals surface area contributed by atoms with Crippen molar-refractivity contribution in [1.82, 2.24) is 0 Å². The second kappa shape index (κ2) is 2.36. The first-order chi connectivity index (χ1) is 5.20. The van der Waals surface area contributed by atoms with Crippen molar-refractivity contribution < 1.29 is 0 Å². The highest BCUT2D eigenvalue weighted by molar-refractivity contribution is 5.09. The number of allylic oxidation sites excluding steroid dienone is 2. The van der Waals surface area contributed by atoms with Crippen LogP contribution in [0.2, 0.25) is 0 Å². The molecule has 0 heterocycles. The van der Waals surface area contributed by atoms with E-state index in [2.05, 4.69) is 26.0 Å². The van der Waals surface area contributed by atoms with Crippen LogP contribution in [0.5, 0.6) is 0 Å². The fourth-order valence-corrected chi connectivity index (χ4v) is 2.15. The maximum Gasteiger partial charge on any atom is -0.0223 e. The van der Waals surface area contributed by atoms with E-state index >= 15 is 0 Å². The van der Waals surface area contributed by atoms with Crippen LogP contribution >= 0.6 is 0 Å². The molecule has 0 bridgehead atoms. The Bertz CT molecular complexity index is 164. The predicted molar refractivity (Wildman–Crippen MR) is 48.4 cm³/mol. The van der Waals surface area contributed by atoms with Gasteiger partial charge in [-0.15, -0.1) is 0 Å². The minimum absolute atomic E-state index is 0.741. The van der Waals surface area contributed by atoms with Gasteiger partial charge in [0, 0.05) is 0 Å². The summed E-state index contributed by atoms with van der Waals surface area (Å²) >= 11 is 0. The van der Waals surface area contributed by atoms with Crippen LogP contribution in [0, 0.1) is 17.3 Å². The summed E-state index contributed by atoms with van der Waals surface area (Å²) in [7, 11) is 0. The van der Waals surface area contributed by atoms with Crippen molar-refractivity contribution in [2.24, 2.45) is 17.3 Å². The van der Waals surface area contributed by atoms with E-state index in [0.717, 1.165) is 17.3 Å². The normalized spacial score (nSPS) is 28.3. The lowest BCUT2D eigenvalue weighted by Crippen LogP contribution is -2.22. The zero-order valence-electron chi connectivity index (χ0n) is 7.64. The molecule has 2 saturated carbocycles. The molecule has 0 atom stereocenters. The summed E-state index contributed by atoms with van der Waals surface area (Å²) in [6.45, 7) is 4.50. The minimum atomic E-state index is 0.741. The highest BCUT2D eigenvalue weighted by Gasteiger charge is 2.51. The molecule has 0 aromatic carbocycles. The maximum atomic E-state index is 2.44. The first kappa shape index (κ1) is 7.39. The number of hydrogen-bond acceptors (Lipinski definition) is 0. The first-order valence-corrected chi connectivity index (χ1v) is 4.89. The van der Waals surface area contributed by atoms with E-state index in [1.54, 1.807) is 0 Å². The van der Waals surface area contributed by atoms with Gasteiger partial charge in [-0.3, -0.25) is 0 Å². The summed E-state index contributed by atoms with van der Waals surface area (Å²) in [6, 6.07) is 0. The van der Waals surface area contributed by atoms with E-state index in [4.69, 9.17) is 0 Å². The Balaban J connectivity index is 1.74. The molecule has 11 heavy (non-hydrogen) atoms. The van der Waals surface area contributed by atoms with Gasteiger partial charge in [0.05, 0.1) is 0 Å². The molecule has 2 aliphatic rings. The molecule has 0 amide bonds. The van der Waals surface area contributed by atoms with Gasteiger partial charge in [0.2, 0.25) is 0 Å². The molecular formula is C11H18. The Morgan fingerprint density at radius 1 is 1.27 bits per heavy atom. The fraction of sp³-hybridized carbons (Fsp3) is 0.818. The molecule has 1 spiro atoms. The van der Waals surface area contributed by atoms with Gasteiger partial charge in [-0.05, 0) is 42.9 Å². The average molecular weight is 150 g/mol. The van der Waals surface area contributed by atoms with Crippen molar-refractivity contribution >= 4 is 0 Å². The molecule has 2 rings (SSSR count). The SMILES string of the molecule is CC(C)/C=C/C1CC2(CC2)C1. The molecule has 2 fully saturated rings. The lowest BCUT2D eigenvalue weighted by Gasteiger charge is -2.33. The summed E-state index contributed by atoms with van der Waals surface area (Å²) < 4.78 is 0. The van der Waals surface area contributed by atoms with Crippen molar-refractivity contribution in [3.05, 3.63) is 12.2 Å². The first-order valence-electron chi connectivity index (χ1n) is 4.89. The number of hydrogen-bond donors (Lipinski definition) is 0. The van der Waals surface area contributed by atoms with Crippen LogP contribution in [0.25, 0.3) is 0 Å². The molecule has 0 radical (unpaired) electrons. The third-order valence-corrected chi connectivity index (χ3v) is 3.12. The Morgan fingerprint density at radius 2 is 1.91 bits per heavy atom. The van der Waals surface area contributed by atoms with E-state index in [9.17, 15) is 0 Å². The van der Waals surface area contributed by atoms with Crippen molar-refractivity contribution in [1.29, 1.82) is 0 Å². The van der Waals surface area contributed by atoms with Crippen LogP contribution in [0.3, 0.4) is 0 Å². The quantitative estimate of drug-likeness (QED) is 0.529. The molecule has 0 aromatic heterocycles. The van der Waals surface area contributed by atoms with E-state index in [1.165, 1.54) is 25.7 Å². The minimum Gasteiger partial charge on any atom is -0.0857 e. The molecule has 0 aliphatic heterocycles. The summed E-state index contributed by atoms with van der Waals surface area (Å²) in [5.74, 6) is 1.69. The van der Waals surface area contributed by atoms with Crippen LogP contribution < -0.4 is 0 Å². The van der Waals surface area contributed by atoms with Crippen molar-refractivity contribution in [2.75, 3.05) is 0 Å². The molecule has 0 nitrogen and oxygen atoms in total. The van der Waals surface area contributed by atoms with E-state index in [0.29, 0.717) is 0 Å². The van der Waals surface area contributed by atoms with Crippen molar-refractivity contribution in [3.63, 3.8) is 0 Å². The third kappa shape index (κ3) is 1.50. The van der Waals surface area contributed by atoms with Crippen LogP contribution in [-0.4, -0.2) is 0 Å². The van der Waals surface area contributed by atoms with Crippen LogP contribution in [0.15, 0.2) is 12.2 Å². The molecule has 0 N–H and O–H groups in total. The van der Waals surface area contributed by atoms with Gasteiger partial charge in [-0.2, -0.15) is 0 Å². The molecule has 0 unspecified atom stereocenters. The van der Waals surface area contributed by atoms with Gasteiger partial charge < -0.3 is 0 Å².